The topological polar surface area (TPSA) is 29.1 Å². The van der Waals surface area contributed by atoms with E-state index in [4.69, 9.17) is 0 Å². The number of thioether (sulfide) groups is 1. The predicted octanol–water partition coefficient (Wildman–Crippen LogP) is 0.238. The fourth-order valence-corrected chi connectivity index (χ4v) is 1.75. The lowest BCUT2D eigenvalue weighted by Crippen LogP contribution is -2.27. The van der Waals surface area contributed by atoms with Gasteiger partial charge in [-0.25, -0.2) is 0 Å². The van der Waals surface area contributed by atoms with Crippen LogP contribution in [0.5, 0.6) is 0 Å². The first-order valence-electron chi connectivity index (χ1n) is 2.68. The molecule has 0 aromatic heterocycles. The average Bonchev–Trinajstić information content (AvgIpc) is 2.14. The lowest BCUT2D eigenvalue weighted by atomic mass is 10.3. The van der Waals surface area contributed by atoms with E-state index < -0.39 is 0 Å². The van der Waals surface area contributed by atoms with Crippen molar-refractivity contribution in [1.82, 2.24) is 5.32 Å². The summed E-state index contributed by atoms with van der Waals surface area (Å²) in [6.45, 7) is 0. The second-order valence-corrected chi connectivity index (χ2v) is 2.90. The zero-order chi connectivity index (χ0) is 5.98. The summed E-state index contributed by atoms with van der Waals surface area (Å²) < 4.78 is 0. The van der Waals surface area contributed by atoms with Crippen molar-refractivity contribution in [1.29, 1.82) is 0 Å². The first-order chi connectivity index (χ1) is 3.84. The molecule has 1 unspecified atom stereocenters. The Morgan fingerprint density at radius 1 is 1.88 bits per heavy atom. The maximum atomic E-state index is 10.7. The molecule has 1 rings (SSSR count). The van der Waals surface area contributed by atoms with Gasteiger partial charge in [-0.05, 0) is 13.5 Å². The summed E-state index contributed by atoms with van der Waals surface area (Å²) in [5, 5.41) is 3.24. The Kier molecular flexibility index (Phi) is 1.91. The molecule has 0 amide bonds. The van der Waals surface area contributed by atoms with E-state index in [-0.39, 0.29) is 6.04 Å². The van der Waals surface area contributed by atoms with Gasteiger partial charge in [-0.2, -0.15) is 0 Å². The molecule has 0 aliphatic carbocycles. The van der Waals surface area contributed by atoms with E-state index in [9.17, 15) is 4.79 Å². The van der Waals surface area contributed by atoms with Crippen LogP contribution in [0.3, 0.4) is 0 Å². The summed E-state index contributed by atoms with van der Waals surface area (Å²) in [5.74, 6) is 0.990. The lowest BCUT2D eigenvalue weighted by molar-refractivity contribution is -0.112. The number of rotatable bonds is 1. The highest BCUT2D eigenvalue weighted by atomic mass is 32.2. The van der Waals surface area contributed by atoms with E-state index in [0.717, 1.165) is 12.2 Å². The third-order valence-electron chi connectivity index (χ3n) is 1.28. The van der Waals surface area contributed by atoms with Crippen LogP contribution in [0, 0.1) is 0 Å². The fraction of sp³-hybridized carbons (Fsp3) is 0.800. The highest BCUT2D eigenvalue weighted by molar-refractivity contribution is 8.14. The van der Waals surface area contributed by atoms with Gasteiger partial charge in [-0.15, -0.1) is 0 Å². The summed E-state index contributed by atoms with van der Waals surface area (Å²) in [7, 11) is 1.83. The van der Waals surface area contributed by atoms with Crippen LogP contribution in [0.25, 0.3) is 0 Å². The van der Waals surface area contributed by atoms with Gasteiger partial charge in [0.05, 0.1) is 6.04 Å². The molecule has 1 N–H and O–H groups in total. The van der Waals surface area contributed by atoms with Crippen LogP contribution in [0.4, 0.5) is 0 Å². The minimum absolute atomic E-state index is 0.139. The van der Waals surface area contributed by atoms with Crippen molar-refractivity contribution in [3.63, 3.8) is 0 Å². The zero-order valence-corrected chi connectivity index (χ0v) is 5.62. The molecule has 0 spiro atoms. The highest BCUT2D eigenvalue weighted by Crippen LogP contribution is 2.18. The van der Waals surface area contributed by atoms with Gasteiger partial charge in [0, 0.05) is 5.75 Å². The molecule has 0 aromatic rings. The fourth-order valence-electron chi connectivity index (χ4n) is 0.758. The molecular formula is C5H9NOS. The monoisotopic (exact) mass is 131 g/mol. The Morgan fingerprint density at radius 2 is 2.62 bits per heavy atom. The predicted molar refractivity (Wildman–Crippen MR) is 34.9 cm³/mol. The summed E-state index contributed by atoms with van der Waals surface area (Å²) in [6.07, 6.45) is 1.00. The SMILES string of the molecule is CNC1CCSC1=O. The molecule has 1 atom stereocenters. The number of hydrogen-bond acceptors (Lipinski definition) is 3. The average molecular weight is 131 g/mol. The summed E-state index contributed by atoms with van der Waals surface area (Å²) >= 11 is 1.43. The molecule has 46 valence electrons. The number of likely N-dealkylation sites (N-methyl/N-ethyl adjacent to an activating group) is 1. The Balaban J connectivity index is 2.42. The van der Waals surface area contributed by atoms with Gasteiger partial charge in [0.2, 0.25) is 5.12 Å². The summed E-state index contributed by atoms with van der Waals surface area (Å²) in [6, 6.07) is 0.139. The van der Waals surface area contributed by atoms with Crippen molar-refractivity contribution in [3.8, 4) is 0 Å². The van der Waals surface area contributed by atoms with Crippen LogP contribution < -0.4 is 5.32 Å². The van der Waals surface area contributed by atoms with Crippen molar-refractivity contribution >= 4 is 16.9 Å². The van der Waals surface area contributed by atoms with E-state index >= 15 is 0 Å². The van der Waals surface area contributed by atoms with Gasteiger partial charge in [0.25, 0.3) is 0 Å². The molecular weight excluding hydrogens is 122 g/mol. The van der Waals surface area contributed by atoms with E-state index in [2.05, 4.69) is 5.32 Å². The van der Waals surface area contributed by atoms with E-state index in [1.807, 2.05) is 7.05 Å². The van der Waals surface area contributed by atoms with Crippen LogP contribution in [0.1, 0.15) is 6.42 Å². The van der Waals surface area contributed by atoms with Crippen molar-refractivity contribution in [3.05, 3.63) is 0 Å². The van der Waals surface area contributed by atoms with Crippen LogP contribution in [0.2, 0.25) is 0 Å². The molecule has 0 radical (unpaired) electrons. The normalized spacial score (nSPS) is 29.1. The van der Waals surface area contributed by atoms with E-state index in [0.29, 0.717) is 5.12 Å². The molecule has 0 bridgehead atoms. The number of nitrogens with one attached hydrogen (secondary N) is 1. The van der Waals surface area contributed by atoms with Crippen LogP contribution in [-0.2, 0) is 4.79 Å². The highest BCUT2D eigenvalue weighted by Gasteiger charge is 2.22. The number of carbonyl (C=O) groups is 1. The smallest absolute Gasteiger partial charge is 0.205 e. The first kappa shape index (κ1) is 6.11. The maximum absolute atomic E-state index is 10.7. The maximum Gasteiger partial charge on any atom is 0.205 e. The van der Waals surface area contributed by atoms with Gasteiger partial charge < -0.3 is 5.32 Å². The van der Waals surface area contributed by atoms with E-state index in [1.54, 1.807) is 0 Å². The molecule has 2 nitrogen and oxygen atoms in total. The second-order valence-electron chi connectivity index (χ2n) is 1.80. The summed E-state index contributed by atoms with van der Waals surface area (Å²) in [4.78, 5) is 10.7. The third kappa shape index (κ3) is 1.03. The lowest BCUT2D eigenvalue weighted by Gasteiger charge is -2.00. The number of hydrogen-bond donors (Lipinski definition) is 1. The molecule has 1 heterocycles. The quantitative estimate of drug-likeness (QED) is 0.552. The standard InChI is InChI=1S/C5H9NOS/c1-6-4-2-3-8-5(4)7/h4,6H,2-3H2,1H3. The van der Waals surface area contributed by atoms with E-state index in [1.165, 1.54) is 11.8 Å². The van der Waals surface area contributed by atoms with Crippen molar-refractivity contribution in [2.45, 2.75) is 12.5 Å². The Labute approximate surface area is 53.0 Å². The Hall–Kier alpha value is -0.0200. The van der Waals surface area contributed by atoms with Crippen molar-refractivity contribution in [2.75, 3.05) is 12.8 Å². The molecule has 1 aliphatic heterocycles. The van der Waals surface area contributed by atoms with Crippen molar-refractivity contribution < 1.29 is 4.79 Å². The van der Waals surface area contributed by atoms with Gasteiger partial charge in [0.15, 0.2) is 0 Å². The van der Waals surface area contributed by atoms with Crippen LogP contribution in [0.15, 0.2) is 0 Å². The minimum atomic E-state index is 0.139. The Morgan fingerprint density at radius 3 is 2.88 bits per heavy atom. The van der Waals surface area contributed by atoms with Gasteiger partial charge in [-0.3, -0.25) is 4.79 Å². The molecule has 0 saturated carbocycles. The summed E-state index contributed by atoms with van der Waals surface area (Å²) in [5.41, 5.74) is 0. The van der Waals surface area contributed by atoms with Gasteiger partial charge in [-0.1, -0.05) is 11.8 Å². The van der Waals surface area contributed by atoms with Crippen LogP contribution >= 0.6 is 11.8 Å². The molecule has 0 aromatic carbocycles. The van der Waals surface area contributed by atoms with Gasteiger partial charge >= 0.3 is 0 Å². The molecule has 3 heteroatoms. The second kappa shape index (κ2) is 2.51. The van der Waals surface area contributed by atoms with Gasteiger partial charge in [0.1, 0.15) is 0 Å². The number of carbonyl (C=O) groups excluding carboxylic acids is 1. The zero-order valence-electron chi connectivity index (χ0n) is 4.81. The minimum Gasteiger partial charge on any atom is -0.310 e. The van der Waals surface area contributed by atoms with Crippen molar-refractivity contribution in [2.24, 2.45) is 0 Å². The van der Waals surface area contributed by atoms with Crippen LogP contribution in [-0.4, -0.2) is 24.0 Å². The molecule has 1 saturated heterocycles. The largest absolute Gasteiger partial charge is 0.310 e. The molecule has 8 heavy (non-hydrogen) atoms. The first-order valence-corrected chi connectivity index (χ1v) is 3.67. The Bertz CT molecular complexity index is 105. The molecule has 1 aliphatic rings. The molecule has 1 fully saturated rings. The third-order valence-corrected chi connectivity index (χ3v) is 2.29.